The summed E-state index contributed by atoms with van der Waals surface area (Å²) in [6.07, 6.45) is 4.99. The van der Waals surface area contributed by atoms with Crippen molar-refractivity contribution in [1.82, 2.24) is 9.80 Å². The van der Waals surface area contributed by atoms with Crippen molar-refractivity contribution in [2.24, 2.45) is 11.8 Å². The number of piperidine rings is 2. The van der Waals surface area contributed by atoms with Gasteiger partial charge in [0.05, 0.1) is 0 Å². The van der Waals surface area contributed by atoms with Gasteiger partial charge in [0.25, 0.3) is 5.91 Å². The van der Waals surface area contributed by atoms with Crippen LogP contribution in [0.1, 0.15) is 48.5 Å². The topological polar surface area (TPSA) is 49.6 Å². The summed E-state index contributed by atoms with van der Waals surface area (Å²) in [5.74, 6) is 1.63. The van der Waals surface area contributed by atoms with Gasteiger partial charge in [0.2, 0.25) is 0 Å². The number of benzene rings is 1. The maximum atomic E-state index is 12.9. The van der Waals surface area contributed by atoms with Crippen LogP contribution >= 0.6 is 24.8 Å². The van der Waals surface area contributed by atoms with E-state index in [1.807, 2.05) is 30.0 Å². The second-order valence-electron chi connectivity index (χ2n) is 7.82. The first-order chi connectivity index (χ1) is 11.5. The molecular formula is C20H33Cl2N3O. The van der Waals surface area contributed by atoms with Crippen molar-refractivity contribution in [1.29, 1.82) is 0 Å². The molecule has 2 fully saturated rings. The normalized spacial score (nSPS) is 21.6. The molecule has 26 heavy (non-hydrogen) atoms. The Labute approximate surface area is 170 Å². The van der Waals surface area contributed by atoms with Gasteiger partial charge in [0.15, 0.2) is 0 Å². The monoisotopic (exact) mass is 401 g/mol. The average Bonchev–Trinajstić information content (AvgIpc) is 2.59. The van der Waals surface area contributed by atoms with E-state index in [-0.39, 0.29) is 30.7 Å². The number of likely N-dealkylation sites (tertiary alicyclic amines) is 2. The molecule has 1 aromatic rings. The average molecular weight is 402 g/mol. The maximum Gasteiger partial charge on any atom is 0.254 e. The molecule has 1 unspecified atom stereocenters. The molecule has 0 aromatic heterocycles. The molecule has 0 bridgehead atoms. The highest BCUT2D eigenvalue weighted by Crippen LogP contribution is 2.24. The number of hydrogen-bond acceptors (Lipinski definition) is 3. The van der Waals surface area contributed by atoms with Gasteiger partial charge in [-0.05, 0) is 75.2 Å². The van der Waals surface area contributed by atoms with Crippen molar-refractivity contribution in [3.8, 4) is 0 Å². The summed E-state index contributed by atoms with van der Waals surface area (Å²) in [5.41, 5.74) is 8.33. The molecule has 1 amide bonds. The Morgan fingerprint density at radius 3 is 2.54 bits per heavy atom. The van der Waals surface area contributed by atoms with Crippen LogP contribution in [0.15, 0.2) is 18.2 Å². The molecule has 1 atom stereocenters. The highest BCUT2D eigenvalue weighted by Gasteiger charge is 2.27. The van der Waals surface area contributed by atoms with E-state index in [0.717, 1.165) is 43.1 Å². The predicted molar refractivity (Wildman–Crippen MR) is 114 cm³/mol. The zero-order chi connectivity index (χ0) is 17.1. The van der Waals surface area contributed by atoms with Gasteiger partial charge in [-0.1, -0.05) is 13.0 Å². The lowest BCUT2D eigenvalue weighted by molar-refractivity contribution is 0.0621. The van der Waals surface area contributed by atoms with Crippen LogP contribution in [0, 0.1) is 18.8 Å². The third-order valence-electron chi connectivity index (χ3n) is 5.69. The number of nitrogen functional groups attached to an aromatic ring is 1. The smallest absolute Gasteiger partial charge is 0.254 e. The van der Waals surface area contributed by atoms with E-state index in [9.17, 15) is 4.79 Å². The lowest BCUT2D eigenvalue weighted by atomic mass is 9.93. The minimum Gasteiger partial charge on any atom is -0.399 e. The van der Waals surface area contributed by atoms with Crippen molar-refractivity contribution in [2.75, 3.05) is 38.5 Å². The number of nitrogens with zero attached hydrogens (tertiary/aromatic N) is 2. The van der Waals surface area contributed by atoms with Crippen LogP contribution in [0.25, 0.3) is 0 Å². The summed E-state index contributed by atoms with van der Waals surface area (Å²) >= 11 is 0. The molecule has 1 aromatic carbocycles. The van der Waals surface area contributed by atoms with Crippen LogP contribution in [0.5, 0.6) is 0 Å². The third-order valence-corrected chi connectivity index (χ3v) is 5.69. The van der Waals surface area contributed by atoms with E-state index >= 15 is 0 Å². The van der Waals surface area contributed by atoms with Crippen LogP contribution < -0.4 is 5.73 Å². The van der Waals surface area contributed by atoms with E-state index < -0.39 is 0 Å². The fraction of sp³-hybridized carbons (Fsp3) is 0.650. The van der Waals surface area contributed by atoms with E-state index in [4.69, 9.17) is 5.73 Å². The Morgan fingerprint density at radius 2 is 1.85 bits per heavy atom. The van der Waals surface area contributed by atoms with Gasteiger partial charge < -0.3 is 15.5 Å². The van der Waals surface area contributed by atoms with E-state index in [1.165, 1.54) is 32.4 Å². The first-order valence-electron chi connectivity index (χ1n) is 9.40. The summed E-state index contributed by atoms with van der Waals surface area (Å²) < 4.78 is 0. The van der Waals surface area contributed by atoms with Crippen LogP contribution in [0.3, 0.4) is 0 Å². The quantitative estimate of drug-likeness (QED) is 0.778. The van der Waals surface area contributed by atoms with E-state index in [2.05, 4.69) is 11.8 Å². The second kappa shape index (κ2) is 10.4. The summed E-state index contributed by atoms with van der Waals surface area (Å²) in [5, 5.41) is 0. The minimum absolute atomic E-state index is 0. The second-order valence-corrected chi connectivity index (χ2v) is 7.82. The third kappa shape index (κ3) is 5.77. The molecule has 0 aliphatic carbocycles. The van der Waals surface area contributed by atoms with Crippen LogP contribution in [0.4, 0.5) is 5.69 Å². The summed E-state index contributed by atoms with van der Waals surface area (Å²) in [7, 11) is 0. The Kier molecular flexibility index (Phi) is 9.22. The van der Waals surface area contributed by atoms with Gasteiger partial charge in [-0.15, -0.1) is 24.8 Å². The Morgan fingerprint density at radius 1 is 1.15 bits per heavy atom. The number of nitrogens with two attached hydrogens (primary N) is 1. The standard InChI is InChI=1S/C20H31N3O.2ClH/c1-15-7-10-22(11-8-15)13-17-4-3-9-23(14-17)20(24)19-12-18(21)6-5-16(19)2;;/h5-6,12,15,17H,3-4,7-11,13-14,21H2,1-2H3;2*1H. The summed E-state index contributed by atoms with van der Waals surface area (Å²) in [6.45, 7) is 9.70. The van der Waals surface area contributed by atoms with Crippen molar-refractivity contribution >= 4 is 36.4 Å². The zero-order valence-corrected chi connectivity index (χ0v) is 17.6. The van der Waals surface area contributed by atoms with Crippen LogP contribution in [0.2, 0.25) is 0 Å². The summed E-state index contributed by atoms with van der Waals surface area (Å²) in [4.78, 5) is 17.6. The molecule has 2 saturated heterocycles. The number of carbonyl (C=O) groups excluding carboxylic acids is 1. The van der Waals surface area contributed by atoms with Gasteiger partial charge in [-0.25, -0.2) is 0 Å². The zero-order valence-electron chi connectivity index (χ0n) is 15.9. The molecule has 2 aliphatic heterocycles. The molecule has 4 nitrogen and oxygen atoms in total. The highest BCUT2D eigenvalue weighted by atomic mass is 35.5. The molecule has 0 spiro atoms. The molecule has 0 radical (unpaired) electrons. The number of halogens is 2. The van der Waals surface area contributed by atoms with Crippen molar-refractivity contribution in [3.63, 3.8) is 0 Å². The van der Waals surface area contributed by atoms with Gasteiger partial charge in [0, 0.05) is 30.9 Å². The number of amides is 1. The number of rotatable bonds is 3. The van der Waals surface area contributed by atoms with Crippen molar-refractivity contribution in [2.45, 2.75) is 39.5 Å². The van der Waals surface area contributed by atoms with Crippen molar-refractivity contribution < 1.29 is 4.79 Å². The first-order valence-corrected chi connectivity index (χ1v) is 9.40. The molecule has 3 rings (SSSR count). The molecular weight excluding hydrogens is 369 g/mol. The van der Waals surface area contributed by atoms with Crippen LogP contribution in [-0.2, 0) is 0 Å². The van der Waals surface area contributed by atoms with Gasteiger partial charge in [-0.3, -0.25) is 4.79 Å². The predicted octanol–water partition coefficient (Wildman–Crippen LogP) is 4.00. The lowest BCUT2D eigenvalue weighted by Crippen LogP contribution is -2.45. The molecule has 0 saturated carbocycles. The first kappa shape index (κ1) is 23.1. The Hall–Kier alpha value is -0.970. The largest absolute Gasteiger partial charge is 0.399 e. The maximum absolute atomic E-state index is 12.9. The fourth-order valence-corrected chi connectivity index (χ4v) is 4.05. The molecule has 2 heterocycles. The Balaban J connectivity index is 0.00000169. The number of hydrogen-bond donors (Lipinski definition) is 1. The van der Waals surface area contributed by atoms with Gasteiger partial charge >= 0.3 is 0 Å². The molecule has 2 N–H and O–H groups in total. The number of anilines is 1. The lowest BCUT2D eigenvalue weighted by Gasteiger charge is -2.38. The van der Waals surface area contributed by atoms with Gasteiger partial charge in [0.1, 0.15) is 0 Å². The fourth-order valence-electron chi connectivity index (χ4n) is 4.05. The minimum atomic E-state index is 0. The summed E-state index contributed by atoms with van der Waals surface area (Å²) in [6, 6.07) is 5.63. The van der Waals surface area contributed by atoms with E-state index in [0.29, 0.717) is 11.6 Å². The highest BCUT2D eigenvalue weighted by molar-refractivity contribution is 5.96. The van der Waals surface area contributed by atoms with Crippen molar-refractivity contribution in [3.05, 3.63) is 29.3 Å². The SMILES string of the molecule is Cc1ccc(N)cc1C(=O)N1CCCC(CN2CCC(C)CC2)C1.Cl.Cl. The van der Waals surface area contributed by atoms with E-state index in [1.54, 1.807) is 0 Å². The molecule has 6 heteroatoms. The molecule has 148 valence electrons. The Bertz CT molecular complexity index is 588. The van der Waals surface area contributed by atoms with Gasteiger partial charge in [-0.2, -0.15) is 0 Å². The molecule has 2 aliphatic rings. The van der Waals surface area contributed by atoms with Crippen LogP contribution in [-0.4, -0.2) is 48.4 Å². The number of carbonyl (C=O) groups is 1. The number of aryl methyl sites for hydroxylation is 1.